The first-order valence-corrected chi connectivity index (χ1v) is 4.36. The maximum Gasteiger partial charge on any atom is 0.355 e. The standard InChI is InChI=1S/C9H5ClN2O3/c10-9-11-6-4(2-1-3-5(6)13)7(12-9)8(14)15/h1-3,13H,(H,14,15). The van der Waals surface area contributed by atoms with E-state index in [0.717, 1.165) is 0 Å². The van der Waals surface area contributed by atoms with E-state index in [-0.39, 0.29) is 27.6 Å². The van der Waals surface area contributed by atoms with Crippen molar-refractivity contribution < 1.29 is 15.0 Å². The van der Waals surface area contributed by atoms with Gasteiger partial charge in [0, 0.05) is 5.39 Å². The summed E-state index contributed by atoms with van der Waals surface area (Å²) in [5, 5.41) is 18.4. The Bertz CT molecular complexity index is 556. The lowest BCUT2D eigenvalue weighted by atomic mass is 10.2. The molecule has 6 heteroatoms. The van der Waals surface area contributed by atoms with Crippen LogP contribution in [0.3, 0.4) is 0 Å². The monoisotopic (exact) mass is 224 g/mol. The fourth-order valence-corrected chi connectivity index (χ4v) is 1.44. The molecule has 0 aliphatic carbocycles. The minimum atomic E-state index is -1.21. The Labute approximate surface area is 89.0 Å². The topological polar surface area (TPSA) is 83.3 Å². The number of phenolic OH excluding ortho intramolecular Hbond substituents is 1. The summed E-state index contributed by atoms with van der Waals surface area (Å²) >= 11 is 5.54. The number of hydrogen-bond donors (Lipinski definition) is 2. The minimum Gasteiger partial charge on any atom is -0.506 e. The Morgan fingerprint density at radius 3 is 2.73 bits per heavy atom. The molecule has 5 nitrogen and oxygen atoms in total. The molecule has 1 aromatic carbocycles. The van der Waals surface area contributed by atoms with Crippen LogP contribution in [0.2, 0.25) is 5.28 Å². The zero-order valence-electron chi connectivity index (χ0n) is 7.31. The van der Waals surface area contributed by atoms with E-state index in [1.807, 2.05) is 0 Å². The van der Waals surface area contributed by atoms with Crippen molar-refractivity contribution in [2.45, 2.75) is 0 Å². The van der Waals surface area contributed by atoms with Crippen LogP contribution in [0.4, 0.5) is 0 Å². The molecule has 2 rings (SSSR count). The molecule has 0 fully saturated rings. The predicted molar refractivity (Wildman–Crippen MR) is 53.2 cm³/mol. The van der Waals surface area contributed by atoms with E-state index in [1.54, 1.807) is 0 Å². The van der Waals surface area contributed by atoms with Gasteiger partial charge in [-0.05, 0) is 17.7 Å². The Hall–Kier alpha value is -1.88. The molecule has 0 saturated heterocycles. The van der Waals surface area contributed by atoms with Crippen molar-refractivity contribution in [3.8, 4) is 5.75 Å². The van der Waals surface area contributed by atoms with Gasteiger partial charge in [0.1, 0.15) is 11.3 Å². The van der Waals surface area contributed by atoms with Crippen LogP contribution in [0.25, 0.3) is 10.9 Å². The van der Waals surface area contributed by atoms with Crippen molar-refractivity contribution >= 4 is 28.5 Å². The van der Waals surface area contributed by atoms with E-state index < -0.39 is 5.97 Å². The number of carboxylic acids is 1. The van der Waals surface area contributed by atoms with E-state index in [0.29, 0.717) is 0 Å². The summed E-state index contributed by atoms with van der Waals surface area (Å²) in [5.41, 5.74) is -0.0872. The number of phenols is 1. The predicted octanol–water partition coefficient (Wildman–Crippen LogP) is 1.69. The van der Waals surface area contributed by atoms with Crippen molar-refractivity contribution in [2.75, 3.05) is 0 Å². The van der Waals surface area contributed by atoms with Gasteiger partial charge in [-0.3, -0.25) is 0 Å². The van der Waals surface area contributed by atoms with Crippen LogP contribution < -0.4 is 0 Å². The number of aromatic hydroxyl groups is 1. The summed E-state index contributed by atoms with van der Waals surface area (Å²) < 4.78 is 0. The highest BCUT2D eigenvalue weighted by Gasteiger charge is 2.14. The van der Waals surface area contributed by atoms with Gasteiger partial charge in [0.25, 0.3) is 0 Å². The quantitative estimate of drug-likeness (QED) is 0.720. The van der Waals surface area contributed by atoms with Crippen LogP contribution in [-0.2, 0) is 0 Å². The van der Waals surface area contributed by atoms with Gasteiger partial charge in [-0.15, -0.1) is 0 Å². The number of aromatic nitrogens is 2. The zero-order chi connectivity index (χ0) is 11.0. The number of halogens is 1. The van der Waals surface area contributed by atoms with Crippen LogP contribution in [0, 0.1) is 0 Å². The lowest BCUT2D eigenvalue weighted by Crippen LogP contribution is -2.03. The molecule has 0 saturated carbocycles. The van der Waals surface area contributed by atoms with E-state index >= 15 is 0 Å². The summed E-state index contributed by atoms with van der Waals surface area (Å²) in [6.45, 7) is 0. The number of carboxylic acid groups (broad SMARTS) is 1. The molecule has 0 amide bonds. The second-order valence-corrected chi connectivity index (χ2v) is 3.16. The minimum absolute atomic E-state index is 0.126. The molecule has 0 atom stereocenters. The highest BCUT2D eigenvalue weighted by molar-refractivity contribution is 6.29. The van der Waals surface area contributed by atoms with E-state index in [4.69, 9.17) is 16.7 Å². The molecule has 0 bridgehead atoms. The molecule has 0 unspecified atom stereocenters. The number of fused-ring (bicyclic) bond motifs is 1. The van der Waals surface area contributed by atoms with Gasteiger partial charge in [0.2, 0.25) is 5.28 Å². The van der Waals surface area contributed by atoms with Crippen LogP contribution in [0.5, 0.6) is 5.75 Å². The molecule has 0 radical (unpaired) electrons. The SMILES string of the molecule is O=C(O)c1nc(Cl)nc2c(O)cccc12. The molecule has 0 spiro atoms. The average Bonchev–Trinajstić information content (AvgIpc) is 2.18. The van der Waals surface area contributed by atoms with Crippen molar-refractivity contribution in [3.63, 3.8) is 0 Å². The zero-order valence-corrected chi connectivity index (χ0v) is 8.06. The summed E-state index contributed by atoms with van der Waals surface area (Å²) in [6.07, 6.45) is 0. The average molecular weight is 225 g/mol. The summed E-state index contributed by atoms with van der Waals surface area (Å²) in [7, 11) is 0. The fourth-order valence-electron chi connectivity index (χ4n) is 1.27. The number of benzene rings is 1. The lowest BCUT2D eigenvalue weighted by Gasteiger charge is -2.02. The van der Waals surface area contributed by atoms with Gasteiger partial charge in [-0.1, -0.05) is 12.1 Å². The van der Waals surface area contributed by atoms with E-state index in [9.17, 15) is 9.90 Å². The largest absolute Gasteiger partial charge is 0.506 e. The maximum absolute atomic E-state index is 10.8. The molecular weight excluding hydrogens is 220 g/mol. The number of rotatable bonds is 1. The van der Waals surface area contributed by atoms with Crippen LogP contribution in [-0.4, -0.2) is 26.2 Å². The van der Waals surface area contributed by atoms with E-state index in [2.05, 4.69) is 9.97 Å². The van der Waals surface area contributed by atoms with Crippen molar-refractivity contribution in [2.24, 2.45) is 0 Å². The number of carbonyl (C=O) groups is 1. The molecule has 2 N–H and O–H groups in total. The van der Waals surface area contributed by atoms with Crippen molar-refractivity contribution in [1.29, 1.82) is 0 Å². The Morgan fingerprint density at radius 1 is 1.33 bits per heavy atom. The lowest BCUT2D eigenvalue weighted by molar-refractivity contribution is 0.0692. The first-order valence-electron chi connectivity index (χ1n) is 3.98. The van der Waals surface area contributed by atoms with Crippen LogP contribution in [0.1, 0.15) is 10.5 Å². The number of hydrogen-bond acceptors (Lipinski definition) is 4. The second-order valence-electron chi connectivity index (χ2n) is 2.82. The third-order valence-corrected chi connectivity index (χ3v) is 2.05. The Kier molecular flexibility index (Phi) is 2.17. The third kappa shape index (κ3) is 1.57. The fraction of sp³-hybridized carbons (Fsp3) is 0. The number of nitrogens with zero attached hydrogens (tertiary/aromatic N) is 2. The molecule has 1 heterocycles. The molecule has 76 valence electrons. The second kappa shape index (κ2) is 3.36. The first-order chi connectivity index (χ1) is 7.09. The van der Waals surface area contributed by atoms with Crippen molar-refractivity contribution in [3.05, 3.63) is 29.2 Å². The van der Waals surface area contributed by atoms with Crippen molar-refractivity contribution in [1.82, 2.24) is 9.97 Å². The van der Waals surface area contributed by atoms with Gasteiger partial charge in [-0.2, -0.15) is 0 Å². The van der Waals surface area contributed by atoms with Gasteiger partial charge >= 0.3 is 5.97 Å². The van der Waals surface area contributed by atoms with Gasteiger partial charge in [-0.25, -0.2) is 14.8 Å². The Balaban J connectivity index is 2.92. The molecule has 15 heavy (non-hydrogen) atoms. The summed E-state index contributed by atoms with van der Waals surface area (Å²) in [6, 6.07) is 4.42. The highest BCUT2D eigenvalue weighted by atomic mass is 35.5. The van der Waals surface area contributed by atoms with E-state index in [1.165, 1.54) is 18.2 Å². The van der Waals surface area contributed by atoms with Gasteiger partial charge in [0.15, 0.2) is 5.69 Å². The normalized spacial score (nSPS) is 10.5. The first kappa shape index (κ1) is 9.67. The number of para-hydroxylation sites is 1. The molecule has 0 aliphatic heterocycles. The highest BCUT2D eigenvalue weighted by Crippen LogP contribution is 2.25. The Morgan fingerprint density at radius 2 is 2.07 bits per heavy atom. The third-order valence-electron chi connectivity index (χ3n) is 1.88. The van der Waals surface area contributed by atoms with Crippen LogP contribution >= 0.6 is 11.6 Å². The number of aromatic carboxylic acids is 1. The summed E-state index contributed by atoms with van der Waals surface area (Å²) in [5.74, 6) is -1.34. The van der Waals surface area contributed by atoms with Gasteiger partial charge < -0.3 is 10.2 Å². The molecule has 1 aromatic heterocycles. The molecule has 0 aliphatic rings. The summed E-state index contributed by atoms with van der Waals surface area (Å²) in [4.78, 5) is 18.2. The molecule has 2 aromatic rings. The molecular formula is C9H5ClN2O3. The van der Waals surface area contributed by atoms with Gasteiger partial charge in [0.05, 0.1) is 0 Å². The maximum atomic E-state index is 10.8. The van der Waals surface area contributed by atoms with Crippen LogP contribution in [0.15, 0.2) is 18.2 Å². The smallest absolute Gasteiger partial charge is 0.355 e.